The molecular weight excluding hydrogens is 256 g/mol. The lowest BCUT2D eigenvalue weighted by atomic mass is 10.3. The number of oxazole rings is 1. The molecule has 0 aliphatic carbocycles. The minimum absolute atomic E-state index is 0.0701. The lowest BCUT2D eigenvalue weighted by Crippen LogP contribution is -2.16. The van der Waals surface area contributed by atoms with Crippen molar-refractivity contribution in [2.24, 2.45) is 0 Å². The Labute approximate surface area is 98.3 Å². The van der Waals surface area contributed by atoms with Gasteiger partial charge in [-0.15, -0.1) is 0 Å². The maximum absolute atomic E-state index is 13.1. The van der Waals surface area contributed by atoms with Crippen molar-refractivity contribution in [3.05, 3.63) is 23.8 Å². The number of hydrogen-bond acceptors (Lipinski definition) is 4. The molecule has 2 aromatic rings. The average Bonchev–Trinajstić information content (AvgIpc) is 2.58. The molecule has 0 amide bonds. The first-order chi connectivity index (χ1) is 8.35. The smallest absolute Gasteiger partial charge is 0.411 e. The number of nitrogens with zero attached hydrogens (tertiary/aromatic N) is 1. The number of nitrogens with two attached hydrogens (primary N) is 1. The van der Waals surface area contributed by atoms with E-state index in [9.17, 15) is 17.6 Å². The van der Waals surface area contributed by atoms with Crippen LogP contribution >= 0.6 is 0 Å². The number of hydrogen-bond donors (Lipinski definition) is 1. The predicted octanol–water partition coefficient (Wildman–Crippen LogP) is 2.63. The van der Waals surface area contributed by atoms with Gasteiger partial charge in [-0.1, -0.05) is 0 Å². The van der Waals surface area contributed by atoms with E-state index in [0.717, 1.165) is 6.07 Å². The van der Waals surface area contributed by atoms with Crippen molar-refractivity contribution < 1.29 is 26.7 Å². The molecule has 0 spiro atoms. The molecule has 98 valence electrons. The Morgan fingerprint density at radius 2 is 2.06 bits per heavy atom. The van der Waals surface area contributed by atoms with E-state index in [4.69, 9.17) is 10.2 Å². The average molecular weight is 264 g/mol. The second kappa shape index (κ2) is 4.45. The molecule has 18 heavy (non-hydrogen) atoms. The van der Waals surface area contributed by atoms with Crippen molar-refractivity contribution in [2.75, 3.05) is 12.3 Å². The van der Waals surface area contributed by atoms with Crippen LogP contribution in [0.5, 0.6) is 0 Å². The third-order valence-corrected chi connectivity index (χ3v) is 2.04. The Balaban J connectivity index is 2.11. The number of benzene rings is 1. The van der Waals surface area contributed by atoms with Crippen molar-refractivity contribution in [3.63, 3.8) is 0 Å². The summed E-state index contributed by atoms with van der Waals surface area (Å²) < 4.78 is 58.0. The summed E-state index contributed by atoms with van der Waals surface area (Å²) in [5, 5.41) is 0. The quantitative estimate of drug-likeness (QED) is 0.683. The normalized spacial score (nSPS) is 12.2. The van der Waals surface area contributed by atoms with Gasteiger partial charge in [0.2, 0.25) is 5.89 Å². The van der Waals surface area contributed by atoms with Gasteiger partial charge in [0.15, 0.2) is 5.58 Å². The molecule has 1 aromatic carbocycles. The van der Waals surface area contributed by atoms with Gasteiger partial charge in [0.05, 0.1) is 5.69 Å². The highest BCUT2D eigenvalue weighted by molar-refractivity contribution is 5.76. The van der Waals surface area contributed by atoms with Gasteiger partial charge >= 0.3 is 6.18 Å². The van der Waals surface area contributed by atoms with Crippen LogP contribution in [-0.4, -0.2) is 17.8 Å². The monoisotopic (exact) mass is 264 g/mol. The van der Waals surface area contributed by atoms with Gasteiger partial charge in [-0.05, 0) is 0 Å². The summed E-state index contributed by atoms with van der Waals surface area (Å²) in [6.07, 6.45) is -4.41. The Kier molecular flexibility index (Phi) is 3.12. The Bertz CT molecular complexity index is 526. The lowest BCUT2D eigenvalue weighted by Gasteiger charge is -2.04. The molecule has 2 rings (SSSR count). The molecule has 0 aliphatic rings. The van der Waals surface area contributed by atoms with Crippen LogP contribution in [0.3, 0.4) is 0 Å². The zero-order chi connectivity index (χ0) is 13.3. The molecule has 0 fully saturated rings. The van der Waals surface area contributed by atoms with E-state index >= 15 is 0 Å². The Morgan fingerprint density at radius 3 is 2.72 bits per heavy atom. The summed E-state index contributed by atoms with van der Waals surface area (Å²) in [4.78, 5) is 3.78. The van der Waals surface area contributed by atoms with E-state index in [1.165, 1.54) is 6.07 Å². The molecule has 0 unspecified atom stereocenters. The van der Waals surface area contributed by atoms with Crippen molar-refractivity contribution in [3.8, 4) is 0 Å². The molecule has 0 bridgehead atoms. The minimum atomic E-state index is -4.41. The second-order valence-corrected chi connectivity index (χ2v) is 3.56. The predicted molar refractivity (Wildman–Crippen MR) is 54.1 cm³/mol. The fourth-order valence-electron chi connectivity index (χ4n) is 1.33. The fourth-order valence-corrected chi connectivity index (χ4v) is 1.33. The van der Waals surface area contributed by atoms with E-state index in [2.05, 4.69) is 9.72 Å². The van der Waals surface area contributed by atoms with Gasteiger partial charge < -0.3 is 14.9 Å². The summed E-state index contributed by atoms with van der Waals surface area (Å²) in [5.41, 5.74) is 5.55. The molecule has 0 radical (unpaired) electrons. The Morgan fingerprint density at radius 1 is 1.33 bits per heavy atom. The van der Waals surface area contributed by atoms with E-state index < -0.39 is 25.2 Å². The summed E-state index contributed by atoms with van der Waals surface area (Å²) in [6, 6.07) is 2.26. The number of halogens is 4. The van der Waals surface area contributed by atoms with Crippen LogP contribution in [0.4, 0.5) is 23.2 Å². The first kappa shape index (κ1) is 12.6. The second-order valence-electron chi connectivity index (χ2n) is 3.56. The number of fused-ring (bicyclic) bond motifs is 1. The third-order valence-electron chi connectivity index (χ3n) is 2.04. The van der Waals surface area contributed by atoms with Gasteiger partial charge in [0, 0.05) is 12.1 Å². The van der Waals surface area contributed by atoms with E-state index in [1.807, 2.05) is 0 Å². The molecule has 0 aliphatic heterocycles. The molecule has 1 aromatic heterocycles. The van der Waals surface area contributed by atoms with Gasteiger partial charge in [0.1, 0.15) is 24.5 Å². The van der Waals surface area contributed by atoms with Crippen LogP contribution in [0.15, 0.2) is 16.5 Å². The first-order valence-electron chi connectivity index (χ1n) is 4.84. The molecule has 4 nitrogen and oxygen atoms in total. The van der Waals surface area contributed by atoms with Gasteiger partial charge in [0.25, 0.3) is 0 Å². The summed E-state index contributed by atoms with van der Waals surface area (Å²) in [5.74, 6) is -0.738. The minimum Gasteiger partial charge on any atom is -0.438 e. The highest BCUT2D eigenvalue weighted by Gasteiger charge is 2.27. The number of rotatable bonds is 3. The van der Waals surface area contributed by atoms with Crippen molar-refractivity contribution >= 4 is 16.8 Å². The molecule has 2 N–H and O–H groups in total. The van der Waals surface area contributed by atoms with Gasteiger partial charge in [-0.2, -0.15) is 13.2 Å². The third kappa shape index (κ3) is 2.89. The summed E-state index contributed by atoms with van der Waals surface area (Å²) >= 11 is 0. The first-order valence-corrected chi connectivity index (χ1v) is 4.84. The molecule has 0 saturated carbocycles. The zero-order valence-corrected chi connectivity index (χ0v) is 8.92. The highest BCUT2D eigenvalue weighted by atomic mass is 19.4. The van der Waals surface area contributed by atoms with Crippen molar-refractivity contribution in [1.29, 1.82) is 0 Å². The number of ether oxygens (including phenoxy) is 1. The topological polar surface area (TPSA) is 61.3 Å². The molecule has 1 heterocycles. The number of anilines is 1. The maximum Gasteiger partial charge on any atom is 0.411 e. The Hall–Kier alpha value is -1.83. The van der Waals surface area contributed by atoms with E-state index in [0.29, 0.717) is 0 Å². The number of nitrogen functional groups attached to an aromatic ring is 1. The maximum atomic E-state index is 13.1. The molecule has 8 heteroatoms. The van der Waals surface area contributed by atoms with Gasteiger partial charge in [-0.3, -0.25) is 0 Å². The van der Waals surface area contributed by atoms with Crippen LogP contribution in [0.2, 0.25) is 0 Å². The summed E-state index contributed by atoms with van der Waals surface area (Å²) in [6.45, 7) is -1.85. The number of aromatic nitrogens is 1. The molecular formula is C10H8F4N2O2. The lowest BCUT2D eigenvalue weighted by molar-refractivity contribution is -0.177. The molecule has 0 saturated heterocycles. The van der Waals surface area contributed by atoms with Crippen LogP contribution in [0.25, 0.3) is 11.1 Å². The van der Waals surface area contributed by atoms with E-state index in [1.54, 1.807) is 0 Å². The summed E-state index contributed by atoms with van der Waals surface area (Å²) in [7, 11) is 0. The fraction of sp³-hybridized carbons (Fsp3) is 0.300. The van der Waals surface area contributed by atoms with Crippen molar-refractivity contribution in [2.45, 2.75) is 12.8 Å². The zero-order valence-electron chi connectivity index (χ0n) is 8.92. The van der Waals surface area contributed by atoms with Crippen molar-refractivity contribution in [1.82, 2.24) is 4.98 Å². The largest absolute Gasteiger partial charge is 0.438 e. The highest BCUT2D eigenvalue weighted by Crippen LogP contribution is 2.22. The standard InChI is InChI=1S/C10H8F4N2O2/c11-5-1-7-8(2-6(5)15)18-9(16-7)3-17-4-10(12,13)14/h1-2H,3-4,15H2. The van der Waals surface area contributed by atoms with Crippen LogP contribution in [0.1, 0.15) is 5.89 Å². The molecule has 0 atom stereocenters. The van der Waals surface area contributed by atoms with Gasteiger partial charge in [-0.25, -0.2) is 9.37 Å². The van der Waals surface area contributed by atoms with E-state index in [-0.39, 0.29) is 22.7 Å². The van der Waals surface area contributed by atoms with Crippen LogP contribution in [-0.2, 0) is 11.3 Å². The van der Waals surface area contributed by atoms with Crippen LogP contribution < -0.4 is 5.73 Å². The SMILES string of the molecule is Nc1cc2oc(COCC(F)(F)F)nc2cc1F. The number of alkyl halides is 3. The van der Waals surface area contributed by atoms with Crippen LogP contribution in [0, 0.1) is 5.82 Å².